The van der Waals surface area contributed by atoms with E-state index < -0.39 is 0 Å². The second kappa shape index (κ2) is 6.58. The molecule has 6 nitrogen and oxygen atoms in total. The lowest BCUT2D eigenvalue weighted by molar-refractivity contribution is -0.122. The summed E-state index contributed by atoms with van der Waals surface area (Å²) in [6, 6.07) is 2.27. The summed E-state index contributed by atoms with van der Waals surface area (Å²) in [5, 5.41) is 7.81. The van der Waals surface area contributed by atoms with Gasteiger partial charge >= 0.3 is 0 Å². The molecule has 2 saturated heterocycles. The maximum absolute atomic E-state index is 12.8. The first-order valence-corrected chi connectivity index (χ1v) is 7.96. The Labute approximate surface area is 125 Å². The Morgan fingerprint density at radius 1 is 1.38 bits per heavy atom. The third-order valence-electron chi connectivity index (χ3n) is 4.37. The van der Waals surface area contributed by atoms with Crippen LogP contribution in [0.4, 0.5) is 5.82 Å². The van der Waals surface area contributed by atoms with Crippen LogP contribution >= 0.6 is 0 Å². The van der Waals surface area contributed by atoms with Gasteiger partial charge in [0, 0.05) is 38.4 Å². The minimum Gasteiger partial charge on any atom is -0.381 e. The zero-order valence-electron chi connectivity index (χ0n) is 12.6. The predicted octanol–water partition coefficient (Wildman–Crippen LogP) is 1.17. The molecule has 21 heavy (non-hydrogen) atoms. The molecule has 116 valence electrons. The van der Waals surface area contributed by atoms with Crippen molar-refractivity contribution in [3.05, 3.63) is 12.3 Å². The summed E-state index contributed by atoms with van der Waals surface area (Å²) in [6.45, 7) is 5.21. The quantitative estimate of drug-likeness (QED) is 0.905. The first-order chi connectivity index (χ1) is 10.3. The van der Waals surface area contributed by atoms with Gasteiger partial charge in [0.1, 0.15) is 5.82 Å². The van der Waals surface area contributed by atoms with E-state index in [1.165, 1.54) is 0 Å². The molecule has 1 unspecified atom stereocenters. The van der Waals surface area contributed by atoms with Crippen molar-refractivity contribution in [2.75, 3.05) is 24.7 Å². The molecule has 0 aromatic carbocycles. The van der Waals surface area contributed by atoms with Crippen molar-refractivity contribution in [3.8, 4) is 0 Å². The van der Waals surface area contributed by atoms with Crippen molar-refractivity contribution in [1.29, 1.82) is 0 Å². The summed E-state index contributed by atoms with van der Waals surface area (Å²) in [5.74, 6) is 1.10. The molecule has 6 heteroatoms. The Hall–Kier alpha value is -1.40. The Kier molecular flexibility index (Phi) is 4.55. The topological polar surface area (TPSA) is 59.4 Å². The lowest BCUT2D eigenvalue weighted by atomic mass is 10.0. The molecule has 1 amide bonds. The second-order valence-corrected chi connectivity index (χ2v) is 5.74. The number of nitrogens with zero attached hydrogens (tertiary/aromatic N) is 3. The molecule has 3 heterocycles. The molecule has 2 aliphatic rings. The van der Waals surface area contributed by atoms with Gasteiger partial charge in [0.05, 0.1) is 12.2 Å². The van der Waals surface area contributed by atoms with Crippen LogP contribution in [-0.2, 0) is 16.1 Å². The number of hydrogen-bond donors (Lipinski definition) is 1. The summed E-state index contributed by atoms with van der Waals surface area (Å²) in [5.41, 5.74) is 0. The van der Waals surface area contributed by atoms with E-state index in [0.29, 0.717) is 6.04 Å². The van der Waals surface area contributed by atoms with Crippen LogP contribution < -0.4 is 10.2 Å². The minimum atomic E-state index is -0.0675. The number of ether oxygens (including phenoxy) is 1. The molecule has 1 atom stereocenters. The molecule has 0 aliphatic carbocycles. The molecule has 3 rings (SSSR count). The van der Waals surface area contributed by atoms with E-state index in [1.54, 1.807) is 6.20 Å². The molecule has 2 aliphatic heterocycles. The van der Waals surface area contributed by atoms with Crippen LogP contribution in [0.25, 0.3) is 0 Å². The van der Waals surface area contributed by atoms with Gasteiger partial charge < -0.3 is 10.1 Å². The first kappa shape index (κ1) is 14.5. The highest BCUT2D eigenvalue weighted by atomic mass is 16.5. The summed E-state index contributed by atoms with van der Waals surface area (Å²) >= 11 is 0. The molecule has 0 spiro atoms. The lowest BCUT2D eigenvalue weighted by Gasteiger charge is -2.35. The van der Waals surface area contributed by atoms with E-state index in [2.05, 4.69) is 10.4 Å². The standard InChI is InChI=1S/C15H24N4O2/c1-2-19-14(5-8-16-19)18-9-3-4-13(15(18)20)17-12-6-10-21-11-7-12/h5,8,12-13,17H,2-4,6-7,9-11H2,1H3. The number of piperidine rings is 1. The van der Waals surface area contributed by atoms with Gasteiger partial charge in [-0.05, 0) is 32.6 Å². The van der Waals surface area contributed by atoms with E-state index in [-0.39, 0.29) is 11.9 Å². The fourth-order valence-electron chi connectivity index (χ4n) is 3.20. The number of carbonyl (C=O) groups excluding carboxylic acids is 1. The normalized spacial score (nSPS) is 24.5. The van der Waals surface area contributed by atoms with E-state index >= 15 is 0 Å². The number of nitrogens with one attached hydrogen (secondary N) is 1. The van der Waals surface area contributed by atoms with E-state index in [9.17, 15) is 4.79 Å². The molecular formula is C15H24N4O2. The van der Waals surface area contributed by atoms with Crippen molar-refractivity contribution in [1.82, 2.24) is 15.1 Å². The zero-order chi connectivity index (χ0) is 14.7. The van der Waals surface area contributed by atoms with Crippen molar-refractivity contribution in [2.45, 2.75) is 51.2 Å². The molecule has 2 fully saturated rings. The maximum Gasteiger partial charge on any atom is 0.245 e. The third-order valence-corrected chi connectivity index (χ3v) is 4.37. The minimum absolute atomic E-state index is 0.0675. The van der Waals surface area contributed by atoms with Gasteiger partial charge in [-0.3, -0.25) is 9.69 Å². The van der Waals surface area contributed by atoms with Gasteiger partial charge in [0.2, 0.25) is 5.91 Å². The third kappa shape index (κ3) is 3.11. The summed E-state index contributed by atoms with van der Waals surface area (Å²) in [4.78, 5) is 14.6. The summed E-state index contributed by atoms with van der Waals surface area (Å²) in [7, 11) is 0. The number of anilines is 1. The Morgan fingerprint density at radius 3 is 2.95 bits per heavy atom. The van der Waals surface area contributed by atoms with E-state index in [0.717, 1.165) is 57.8 Å². The molecule has 0 saturated carbocycles. The summed E-state index contributed by atoms with van der Waals surface area (Å²) < 4.78 is 7.26. The van der Waals surface area contributed by atoms with Gasteiger partial charge in [-0.15, -0.1) is 0 Å². The average molecular weight is 292 g/mol. The average Bonchev–Trinajstić information content (AvgIpc) is 2.99. The van der Waals surface area contributed by atoms with Crippen LogP contribution in [0, 0.1) is 0 Å². The molecule has 1 aromatic rings. The zero-order valence-corrected chi connectivity index (χ0v) is 12.6. The SMILES string of the molecule is CCn1nccc1N1CCCC(NC2CCOCC2)C1=O. The van der Waals surface area contributed by atoms with Gasteiger partial charge in [0.15, 0.2) is 0 Å². The van der Waals surface area contributed by atoms with Crippen molar-refractivity contribution >= 4 is 11.7 Å². The predicted molar refractivity (Wildman–Crippen MR) is 80.3 cm³/mol. The second-order valence-electron chi connectivity index (χ2n) is 5.74. The number of aryl methyl sites for hydroxylation is 1. The molecular weight excluding hydrogens is 268 g/mol. The van der Waals surface area contributed by atoms with Crippen molar-refractivity contribution in [3.63, 3.8) is 0 Å². The number of hydrogen-bond acceptors (Lipinski definition) is 4. The molecule has 0 radical (unpaired) electrons. The van der Waals surface area contributed by atoms with Crippen molar-refractivity contribution < 1.29 is 9.53 Å². The Morgan fingerprint density at radius 2 is 2.19 bits per heavy atom. The highest BCUT2D eigenvalue weighted by molar-refractivity contribution is 5.97. The van der Waals surface area contributed by atoms with Crippen LogP contribution in [-0.4, -0.2) is 47.5 Å². The van der Waals surface area contributed by atoms with E-state index in [4.69, 9.17) is 4.74 Å². The van der Waals surface area contributed by atoms with Crippen LogP contribution in [0.1, 0.15) is 32.6 Å². The smallest absolute Gasteiger partial charge is 0.245 e. The number of rotatable bonds is 4. The molecule has 0 bridgehead atoms. The Bertz CT molecular complexity index is 482. The van der Waals surface area contributed by atoms with Crippen molar-refractivity contribution in [2.24, 2.45) is 0 Å². The summed E-state index contributed by atoms with van der Waals surface area (Å²) in [6.07, 6.45) is 5.71. The van der Waals surface area contributed by atoms with E-state index in [1.807, 2.05) is 22.6 Å². The monoisotopic (exact) mass is 292 g/mol. The highest BCUT2D eigenvalue weighted by Gasteiger charge is 2.32. The van der Waals surface area contributed by atoms with Crippen LogP contribution in [0.15, 0.2) is 12.3 Å². The lowest BCUT2D eigenvalue weighted by Crippen LogP contribution is -2.54. The number of amides is 1. The van der Waals surface area contributed by atoms with Gasteiger partial charge in [-0.25, -0.2) is 4.68 Å². The van der Waals surface area contributed by atoms with Crippen LogP contribution in [0.2, 0.25) is 0 Å². The fraction of sp³-hybridized carbons (Fsp3) is 0.733. The largest absolute Gasteiger partial charge is 0.381 e. The maximum atomic E-state index is 12.8. The van der Waals surface area contributed by atoms with Gasteiger partial charge in [-0.2, -0.15) is 5.10 Å². The number of aromatic nitrogens is 2. The first-order valence-electron chi connectivity index (χ1n) is 7.96. The van der Waals surface area contributed by atoms with Gasteiger partial charge in [0.25, 0.3) is 0 Å². The fourth-order valence-corrected chi connectivity index (χ4v) is 3.20. The van der Waals surface area contributed by atoms with Crippen LogP contribution in [0.3, 0.4) is 0 Å². The van der Waals surface area contributed by atoms with Gasteiger partial charge in [-0.1, -0.05) is 0 Å². The Balaban J connectivity index is 1.68. The molecule has 1 aromatic heterocycles. The number of carbonyl (C=O) groups is 1. The highest BCUT2D eigenvalue weighted by Crippen LogP contribution is 2.22. The molecule has 1 N–H and O–H groups in total. The van der Waals surface area contributed by atoms with Crippen LogP contribution in [0.5, 0.6) is 0 Å².